The van der Waals surface area contributed by atoms with Crippen molar-refractivity contribution >= 4 is 38.6 Å². The first-order valence-electron chi connectivity index (χ1n) is 5.55. The van der Waals surface area contributed by atoms with Crippen molar-refractivity contribution in [3.05, 3.63) is 27.8 Å². The standard InChI is InChI=1S/C11H15IN2O4S/c1-2-18-11(15)10(7-13)14-19(16,17)9-5-3-8(12)4-6-9/h3-6,10,14H,2,7,13H2,1H3/t10-/m0/s1. The highest BCUT2D eigenvalue weighted by Gasteiger charge is 2.25. The first-order valence-corrected chi connectivity index (χ1v) is 8.11. The fourth-order valence-corrected chi connectivity index (χ4v) is 2.86. The van der Waals surface area contributed by atoms with E-state index in [1.54, 1.807) is 19.1 Å². The van der Waals surface area contributed by atoms with E-state index in [1.165, 1.54) is 12.1 Å². The number of nitrogens with two attached hydrogens (primary N) is 1. The quantitative estimate of drug-likeness (QED) is 0.536. The van der Waals surface area contributed by atoms with Crippen molar-refractivity contribution in [2.45, 2.75) is 17.9 Å². The molecule has 0 spiro atoms. The van der Waals surface area contributed by atoms with Gasteiger partial charge in [0.1, 0.15) is 6.04 Å². The molecular weight excluding hydrogens is 383 g/mol. The van der Waals surface area contributed by atoms with Gasteiger partial charge in [-0.15, -0.1) is 0 Å². The third-order valence-corrected chi connectivity index (χ3v) is 4.43. The highest BCUT2D eigenvalue weighted by Crippen LogP contribution is 2.12. The molecular formula is C11H15IN2O4S. The molecule has 8 heteroatoms. The van der Waals surface area contributed by atoms with Crippen LogP contribution < -0.4 is 10.5 Å². The van der Waals surface area contributed by atoms with Crippen LogP contribution in [0.25, 0.3) is 0 Å². The number of hydrogen-bond donors (Lipinski definition) is 2. The van der Waals surface area contributed by atoms with Gasteiger partial charge in [-0.1, -0.05) is 0 Å². The Bertz CT molecular complexity index is 530. The summed E-state index contributed by atoms with van der Waals surface area (Å²) in [7, 11) is -3.79. The maximum atomic E-state index is 12.0. The third kappa shape index (κ3) is 4.71. The van der Waals surface area contributed by atoms with E-state index in [0.717, 1.165) is 3.57 Å². The molecule has 0 aliphatic carbocycles. The SMILES string of the molecule is CCOC(=O)[C@H](CN)NS(=O)(=O)c1ccc(I)cc1. The Labute approximate surface area is 125 Å². The van der Waals surface area contributed by atoms with Crippen molar-refractivity contribution < 1.29 is 17.9 Å². The lowest BCUT2D eigenvalue weighted by Gasteiger charge is -2.15. The Morgan fingerprint density at radius 1 is 1.42 bits per heavy atom. The molecule has 1 rings (SSSR count). The Hall–Kier alpha value is -0.710. The Morgan fingerprint density at radius 2 is 2.00 bits per heavy atom. The molecule has 3 N–H and O–H groups in total. The molecule has 0 aliphatic rings. The second kappa shape index (κ2) is 7.17. The maximum Gasteiger partial charge on any atom is 0.325 e. The van der Waals surface area contributed by atoms with Crippen LogP contribution in [0, 0.1) is 3.57 Å². The molecule has 1 atom stereocenters. The zero-order valence-corrected chi connectivity index (χ0v) is 13.3. The normalized spacial score (nSPS) is 13.0. The smallest absolute Gasteiger partial charge is 0.325 e. The molecule has 0 heterocycles. The monoisotopic (exact) mass is 398 g/mol. The average molecular weight is 398 g/mol. The lowest BCUT2D eigenvalue weighted by Crippen LogP contribution is -2.46. The van der Waals surface area contributed by atoms with Gasteiger partial charge in [0, 0.05) is 10.1 Å². The van der Waals surface area contributed by atoms with E-state index >= 15 is 0 Å². The molecule has 106 valence electrons. The number of carbonyl (C=O) groups excluding carboxylic acids is 1. The van der Waals surface area contributed by atoms with Crippen LogP contribution in [0.15, 0.2) is 29.2 Å². The molecule has 0 radical (unpaired) electrons. The van der Waals surface area contributed by atoms with Crippen molar-refractivity contribution in [1.29, 1.82) is 0 Å². The van der Waals surface area contributed by atoms with Crippen molar-refractivity contribution in [3.63, 3.8) is 0 Å². The van der Waals surface area contributed by atoms with E-state index in [9.17, 15) is 13.2 Å². The van der Waals surface area contributed by atoms with Gasteiger partial charge in [-0.25, -0.2) is 8.42 Å². The Kier molecular flexibility index (Phi) is 6.17. The number of nitrogens with one attached hydrogen (secondary N) is 1. The van der Waals surface area contributed by atoms with Crippen LogP contribution in [-0.2, 0) is 19.6 Å². The number of benzene rings is 1. The topological polar surface area (TPSA) is 98.5 Å². The number of esters is 1. The summed E-state index contributed by atoms with van der Waals surface area (Å²) in [6, 6.07) is 5.17. The predicted molar refractivity (Wildman–Crippen MR) is 79.0 cm³/mol. The number of rotatable bonds is 6. The lowest BCUT2D eigenvalue weighted by molar-refractivity contribution is -0.144. The van der Waals surface area contributed by atoms with Gasteiger partial charge in [-0.3, -0.25) is 4.79 Å². The van der Waals surface area contributed by atoms with E-state index in [4.69, 9.17) is 10.5 Å². The predicted octanol–water partition coefficient (Wildman–Crippen LogP) is 0.460. The molecule has 0 amide bonds. The minimum Gasteiger partial charge on any atom is -0.465 e. The van der Waals surface area contributed by atoms with Gasteiger partial charge in [0.15, 0.2) is 0 Å². The molecule has 1 aromatic carbocycles. The van der Waals surface area contributed by atoms with Crippen LogP contribution >= 0.6 is 22.6 Å². The van der Waals surface area contributed by atoms with Gasteiger partial charge in [0.25, 0.3) is 0 Å². The van der Waals surface area contributed by atoms with E-state index in [1.807, 2.05) is 0 Å². The Balaban J connectivity index is 2.89. The molecule has 0 unspecified atom stereocenters. The van der Waals surface area contributed by atoms with Crippen LogP contribution in [0.4, 0.5) is 0 Å². The number of hydrogen-bond acceptors (Lipinski definition) is 5. The highest BCUT2D eigenvalue weighted by molar-refractivity contribution is 14.1. The molecule has 0 aromatic heterocycles. The van der Waals surface area contributed by atoms with Gasteiger partial charge in [-0.2, -0.15) is 4.72 Å². The molecule has 0 fully saturated rings. The number of ether oxygens (including phenoxy) is 1. The van der Waals surface area contributed by atoms with Crippen molar-refractivity contribution in [3.8, 4) is 0 Å². The molecule has 0 saturated heterocycles. The largest absolute Gasteiger partial charge is 0.465 e. The average Bonchev–Trinajstić information content (AvgIpc) is 2.36. The van der Waals surface area contributed by atoms with Gasteiger partial charge in [-0.05, 0) is 53.8 Å². The summed E-state index contributed by atoms with van der Waals surface area (Å²) in [6.07, 6.45) is 0. The first-order chi connectivity index (χ1) is 8.90. The van der Waals surface area contributed by atoms with E-state index in [-0.39, 0.29) is 18.0 Å². The number of carbonyl (C=O) groups is 1. The van der Waals surface area contributed by atoms with Crippen molar-refractivity contribution in [2.24, 2.45) is 5.73 Å². The van der Waals surface area contributed by atoms with E-state index < -0.39 is 22.0 Å². The van der Waals surface area contributed by atoms with Crippen molar-refractivity contribution in [1.82, 2.24) is 4.72 Å². The summed E-state index contributed by atoms with van der Waals surface area (Å²) in [5.74, 6) is -0.681. The maximum absolute atomic E-state index is 12.0. The summed E-state index contributed by atoms with van der Waals surface area (Å²) in [6.45, 7) is 1.64. The van der Waals surface area contributed by atoms with Gasteiger partial charge >= 0.3 is 5.97 Å². The summed E-state index contributed by atoms with van der Waals surface area (Å²) < 4.78 is 32.0. The van der Waals surface area contributed by atoms with Crippen LogP contribution in [-0.4, -0.2) is 33.6 Å². The second-order valence-electron chi connectivity index (χ2n) is 3.62. The lowest BCUT2D eigenvalue weighted by atomic mass is 10.3. The van der Waals surface area contributed by atoms with Crippen molar-refractivity contribution in [2.75, 3.05) is 13.2 Å². The first kappa shape index (κ1) is 16.3. The molecule has 1 aromatic rings. The zero-order chi connectivity index (χ0) is 14.5. The summed E-state index contributed by atoms with van der Waals surface area (Å²) in [5.41, 5.74) is 5.38. The van der Waals surface area contributed by atoms with Crippen LogP contribution in [0.5, 0.6) is 0 Å². The van der Waals surface area contributed by atoms with Gasteiger partial charge in [0.2, 0.25) is 10.0 Å². The van der Waals surface area contributed by atoms with Gasteiger partial charge in [0.05, 0.1) is 11.5 Å². The Morgan fingerprint density at radius 3 is 2.47 bits per heavy atom. The molecule has 6 nitrogen and oxygen atoms in total. The third-order valence-electron chi connectivity index (χ3n) is 2.23. The fourth-order valence-electron chi connectivity index (χ4n) is 1.30. The minimum atomic E-state index is -3.79. The van der Waals surface area contributed by atoms with Crippen LogP contribution in [0.1, 0.15) is 6.92 Å². The van der Waals surface area contributed by atoms with Crippen LogP contribution in [0.2, 0.25) is 0 Å². The van der Waals surface area contributed by atoms with Crippen LogP contribution in [0.3, 0.4) is 0 Å². The van der Waals surface area contributed by atoms with Gasteiger partial charge < -0.3 is 10.5 Å². The molecule has 0 aliphatic heterocycles. The zero-order valence-electron chi connectivity index (χ0n) is 10.3. The molecule has 19 heavy (non-hydrogen) atoms. The highest BCUT2D eigenvalue weighted by atomic mass is 127. The second-order valence-corrected chi connectivity index (χ2v) is 6.58. The number of sulfonamides is 1. The summed E-state index contributed by atoms with van der Waals surface area (Å²) in [5, 5.41) is 0. The van der Waals surface area contributed by atoms with E-state index in [2.05, 4.69) is 27.3 Å². The molecule has 0 saturated carbocycles. The fraction of sp³-hybridized carbons (Fsp3) is 0.364. The van der Waals surface area contributed by atoms with E-state index in [0.29, 0.717) is 0 Å². The molecule has 0 bridgehead atoms. The minimum absolute atomic E-state index is 0.0793. The summed E-state index contributed by atoms with van der Waals surface area (Å²) >= 11 is 2.07. The summed E-state index contributed by atoms with van der Waals surface area (Å²) in [4.78, 5) is 11.6. The number of halogens is 1.